The normalized spacial score (nSPS) is 36.9. The maximum atomic E-state index is 10.2. The first-order valence-electron chi connectivity index (χ1n) is 6.60. The Kier molecular flexibility index (Phi) is 4.78. The fourth-order valence-corrected chi connectivity index (χ4v) is 2.54. The lowest BCUT2D eigenvalue weighted by atomic mass is 10.1. The van der Waals surface area contributed by atoms with Crippen LogP contribution in [0.2, 0.25) is 0 Å². The third kappa shape index (κ3) is 3.43. The molecule has 2 saturated heterocycles. The van der Waals surface area contributed by atoms with E-state index < -0.39 is 30.4 Å². The Morgan fingerprint density at radius 3 is 2.26 bits per heavy atom. The number of hydrogen-bond acceptors (Lipinski definition) is 7. The lowest BCUT2D eigenvalue weighted by molar-refractivity contribution is -0.216. The molecule has 0 radical (unpaired) electrons. The van der Waals surface area contributed by atoms with Gasteiger partial charge in [-0.05, 0) is 13.8 Å². The molecule has 0 aliphatic carbocycles. The molecule has 2 heterocycles. The van der Waals surface area contributed by atoms with E-state index in [-0.39, 0.29) is 13.2 Å². The quantitative estimate of drug-likeness (QED) is 0.545. The van der Waals surface area contributed by atoms with Gasteiger partial charge < -0.3 is 29.5 Å². The zero-order valence-corrected chi connectivity index (χ0v) is 11.4. The van der Waals surface area contributed by atoms with E-state index in [0.29, 0.717) is 19.6 Å². The molecular formula is C12H23NO6. The third-order valence-corrected chi connectivity index (χ3v) is 3.39. The fraction of sp³-hybridized carbons (Fsp3) is 1.00. The minimum absolute atomic E-state index is 0.00426. The number of nitrogens with zero attached hydrogens (tertiary/aromatic N) is 1. The van der Waals surface area contributed by atoms with E-state index in [4.69, 9.17) is 24.4 Å². The number of hydrogen-bond donors (Lipinski definition) is 3. The van der Waals surface area contributed by atoms with Gasteiger partial charge in [0.15, 0.2) is 12.1 Å². The van der Waals surface area contributed by atoms with Crippen LogP contribution < -0.4 is 0 Å². The first kappa shape index (κ1) is 15.1. The number of aliphatic hydroxyl groups is 3. The van der Waals surface area contributed by atoms with Crippen LogP contribution >= 0.6 is 0 Å². The van der Waals surface area contributed by atoms with E-state index in [1.165, 1.54) is 0 Å². The predicted molar refractivity (Wildman–Crippen MR) is 65.3 cm³/mol. The topological polar surface area (TPSA) is 91.6 Å². The van der Waals surface area contributed by atoms with Crippen molar-refractivity contribution < 1.29 is 29.5 Å². The lowest BCUT2D eigenvalue weighted by Gasteiger charge is -2.27. The summed E-state index contributed by atoms with van der Waals surface area (Å²) in [6, 6.07) is 0. The summed E-state index contributed by atoms with van der Waals surface area (Å²) in [4.78, 5) is 1.83. The van der Waals surface area contributed by atoms with Gasteiger partial charge in [0.05, 0.1) is 13.2 Å². The number of ether oxygens (including phenoxy) is 3. The summed E-state index contributed by atoms with van der Waals surface area (Å²) in [7, 11) is 0. The second-order valence-corrected chi connectivity index (χ2v) is 5.38. The molecule has 0 aromatic carbocycles. The van der Waals surface area contributed by atoms with E-state index in [9.17, 15) is 5.11 Å². The van der Waals surface area contributed by atoms with E-state index in [2.05, 4.69) is 0 Å². The summed E-state index contributed by atoms with van der Waals surface area (Å²) in [6.45, 7) is 4.82. The summed E-state index contributed by atoms with van der Waals surface area (Å²) in [5.74, 6) is -0.739. The van der Waals surface area contributed by atoms with Gasteiger partial charge in [0.25, 0.3) is 0 Å². The Morgan fingerprint density at radius 2 is 1.74 bits per heavy atom. The van der Waals surface area contributed by atoms with Gasteiger partial charge >= 0.3 is 0 Å². The zero-order chi connectivity index (χ0) is 14.0. The highest BCUT2D eigenvalue weighted by Gasteiger charge is 2.54. The van der Waals surface area contributed by atoms with Crippen molar-refractivity contribution in [3.63, 3.8) is 0 Å². The Balaban J connectivity index is 1.90. The SMILES string of the molecule is CC1(C)O[C@@H]2O[C@@H](CN(CCO)CCO)[C@@H](O)[C@@H]2O1. The number of fused-ring (bicyclic) bond motifs is 1. The smallest absolute Gasteiger partial charge is 0.190 e. The van der Waals surface area contributed by atoms with E-state index in [1.807, 2.05) is 4.90 Å². The average molecular weight is 277 g/mol. The number of aliphatic hydroxyl groups excluding tert-OH is 3. The Bertz CT molecular complexity index is 294. The molecule has 2 rings (SSSR count). The highest BCUT2D eigenvalue weighted by atomic mass is 16.8. The summed E-state index contributed by atoms with van der Waals surface area (Å²) in [6.07, 6.45) is -2.25. The van der Waals surface area contributed by atoms with Crippen molar-refractivity contribution in [2.75, 3.05) is 32.8 Å². The van der Waals surface area contributed by atoms with Crippen LogP contribution in [0, 0.1) is 0 Å². The van der Waals surface area contributed by atoms with Crippen LogP contribution in [0.3, 0.4) is 0 Å². The second kappa shape index (κ2) is 6.01. The third-order valence-electron chi connectivity index (χ3n) is 3.39. The Hall–Kier alpha value is -0.280. The molecule has 0 spiro atoms. The molecule has 7 nitrogen and oxygen atoms in total. The minimum Gasteiger partial charge on any atom is -0.395 e. The van der Waals surface area contributed by atoms with E-state index in [1.54, 1.807) is 13.8 Å². The second-order valence-electron chi connectivity index (χ2n) is 5.38. The van der Waals surface area contributed by atoms with Gasteiger partial charge in [0.2, 0.25) is 0 Å². The molecule has 7 heteroatoms. The van der Waals surface area contributed by atoms with Gasteiger partial charge in [-0.3, -0.25) is 4.90 Å². The molecule has 0 aromatic heterocycles. The maximum Gasteiger partial charge on any atom is 0.190 e. The van der Waals surface area contributed by atoms with Crippen LogP contribution in [-0.2, 0) is 14.2 Å². The number of rotatable bonds is 6. The molecule has 0 unspecified atom stereocenters. The van der Waals surface area contributed by atoms with E-state index in [0.717, 1.165) is 0 Å². The van der Waals surface area contributed by atoms with Crippen molar-refractivity contribution in [3.05, 3.63) is 0 Å². The molecule has 112 valence electrons. The molecule has 3 N–H and O–H groups in total. The molecular weight excluding hydrogens is 254 g/mol. The lowest BCUT2D eigenvalue weighted by Crippen LogP contribution is -2.43. The van der Waals surface area contributed by atoms with Crippen LogP contribution in [0.15, 0.2) is 0 Å². The van der Waals surface area contributed by atoms with Gasteiger partial charge in [-0.15, -0.1) is 0 Å². The molecule has 0 aromatic rings. The largest absolute Gasteiger partial charge is 0.395 e. The highest BCUT2D eigenvalue weighted by Crippen LogP contribution is 2.37. The van der Waals surface area contributed by atoms with Crippen LogP contribution in [0.25, 0.3) is 0 Å². The van der Waals surface area contributed by atoms with Crippen molar-refractivity contribution in [2.24, 2.45) is 0 Å². The van der Waals surface area contributed by atoms with Crippen LogP contribution in [0.5, 0.6) is 0 Å². The summed E-state index contributed by atoms with van der Waals surface area (Å²) in [5, 5.41) is 28.1. The van der Waals surface area contributed by atoms with Gasteiger partial charge in [-0.25, -0.2) is 0 Å². The molecule has 0 saturated carbocycles. The van der Waals surface area contributed by atoms with Crippen molar-refractivity contribution >= 4 is 0 Å². The molecule has 0 amide bonds. The summed E-state index contributed by atoms with van der Waals surface area (Å²) < 4.78 is 16.8. The van der Waals surface area contributed by atoms with Crippen LogP contribution in [0.4, 0.5) is 0 Å². The Morgan fingerprint density at radius 1 is 1.11 bits per heavy atom. The van der Waals surface area contributed by atoms with Gasteiger partial charge in [0, 0.05) is 19.6 Å². The van der Waals surface area contributed by atoms with Gasteiger partial charge in [-0.1, -0.05) is 0 Å². The first-order chi connectivity index (χ1) is 8.96. The van der Waals surface area contributed by atoms with Crippen molar-refractivity contribution in [2.45, 2.75) is 44.2 Å². The van der Waals surface area contributed by atoms with Crippen molar-refractivity contribution in [1.29, 1.82) is 0 Å². The standard InChI is InChI=1S/C12H23NO6/c1-12(2)18-10-9(16)8(17-11(10)19-12)7-13(3-5-14)4-6-15/h8-11,14-16H,3-7H2,1-2H3/t8-,9+,10-,11-/m0/s1. The minimum atomic E-state index is -0.772. The summed E-state index contributed by atoms with van der Waals surface area (Å²) in [5.41, 5.74) is 0. The molecule has 2 aliphatic rings. The maximum absolute atomic E-state index is 10.2. The molecule has 0 bridgehead atoms. The first-order valence-corrected chi connectivity index (χ1v) is 6.60. The summed E-state index contributed by atoms with van der Waals surface area (Å²) >= 11 is 0. The molecule has 19 heavy (non-hydrogen) atoms. The molecule has 4 atom stereocenters. The fourth-order valence-electron chi connectivity index (χ4n) is 2.54. The average Bonchev–Trinajstić information content (AvgIpc) is 2.75. The van der Waals surface area contributed by atoms with Crippen LogP contribution in [0.1, 0.15) is 13.8 Å². The zero-order valence-electron chi connectivity index (χ0n) is 11.4. The highest BCUT2D eigenvalue weighted by molar-refractivity contribution is 4.94. The van der Waals surface area contributed by atoms with E-state index >= 15 is 0 Å². The molecule has 2 fully saturated rings. The van der Waals surface area contributed by atoms with Gasteiger partial charge in [-0.2, -0.15) is 0 Å². The van der Waals surface area contributed by atoms with Crippen molar-refractivity contribution in [3.8, 4) is 0 Å². The Labute approximate surface area is 112 Å². The molecule has 2 aliphatic heterocycles. The van der Waals surface area contributed by atoms with Crippen molar-refractivity contribution in [1.82, 2.24) is 4.90 Å². The van der Waals surface area contributed by atoms with Gasteiger partial charge in [0.1, 0.15) is 18.3 Å². The van der Waals surface area contributed by atoms with Crippen LogP contribution in [-0.4, -0.2) is 83.5 Å². The monoisotopic (exact) mass is 277 g/mol. The predicted octanol–water partition coefficient (Wildman–Crippen LogP) is -1.49.